The average Bonchev–Trinajstić information content (AvgIpc) is 3.57. The highest BCUT2D eigenvalue weighted by Crippen LogP contribution is 2.47. The Balaban J connectivity index is 1.60. The summed E-state index contributed by atoms with van der Waals surface area (Å²) in [5, 5.41) is 12.7. The van der Waals surface area contributed by atoms with Gasteiger partial charge in [-0.25, -0.2) is 9.97 Å². The number of aromatic nitrogens is 4. The van der Waals surface area contributed by atoms with E-state index in [2.05, 4.69) is 32.5 Å². The van der Waals surface area contributed by atoms with Gasteiger partial charge in [-0.05, 0) is 32.8 Å². The summed E-state index contributed by atoms with van der Waals surface area (Å²) in [7, 11) is 3.83. The molecule has 0 bridgehead atoms. The van der Waals surface area contributed by atoms with Crippen LogP contribution in [-0.4, -0.2) is 45.6 Å². The van der Waals surface area contributed by atoms with Gasteiger partial charge in [0.1, 0.15) is 5.82 Å². The fraction of sp³-hybridized carbons (Fsp3) is 0.375. The molecule has 1 aliphatic carbocycles. The molecule has 1 aliphatic heterocycles. The smallest absolute Gasteiger partial charge is 0.254 e. The minimum Gasteiger partial charge on any atom is -0.364 e. The maximum absolute atomic E-state index is 12.9. The van der Waals surface area contributed by atoms with Crippen molar-refractivity contribution in [3.63, 3.8) is 0 Å². The van der Waals surface area contributed by atoms with Gasteiger partial charge < -0.3 is 20.9 Å². The molecular formula is C24H28N8O2. The quantitative estimate of drug-likeness (QED) is 0.532. The van der Waals surface area contributed by atoms with Gasteiger partial charge in [0.2, 0.25) is 5.91 Å². The van der Waals surface area contributed by atoms with Crippen LogP contribution in [0.3, 0.4) is 0 Å². The molecule has 34 heavy (non-hydrogen) atoms. The highest BCUT2D eigenvalue weighted by atomic mass is 16.2. The highest BCUT2D eigenvalue weighted by Gasteiger charge is 2.32. The summed E-state index contributed by atoms with van der Waals surface area (Å²) in [6.45, 7) is 1.25. The monoisotopic (exact) mass is 463 g/mol. The van der Waals surface area contributed by atoms with Crippen molar-refractivity contribution >= 4 is 34.8 Å². The average molecular weight is 464 g/mol. The van der Waals surface area contributed by atoms with Crippen molar-refractivity contribution in [1.29, 1.82) is 0 Å². The van der Waals surface area contributed by atoms with Crippen LogP contribution in [0.1, 0.15) is 51.5 Å². The van der Waals surface area contributed by atoms with E-state index >= 15 is 0 Å². The van der Waals surface area contributed by atoms with Crippen molar-refractivity contribution < 1.29 is 13.7 Å². The van der Waals surface area contributed by atoms with Gasteiger partial charge in [0.15, 0.2) is 5.82 Å². The summed E-state index contributed by atoms with van der Waals surface area (Å²) >= 11 is 0. The number of rotatable bonds is 5. The Labute approximate surface area is 202 Å². The van der Waals surface area contributed by atoms with Crippen LogP contribution in [0.25, 0.3) is 11.3 Å². The molecular weight excluding hydrogens is 432 g/mol. The Morgan fingerprint density at radius 1 is 1.24 bits per heavy atom. The molecule has 10 heteroatoms. The summed E-state index contributed by atoms with van der Waals surface area (Å²) in [6.07, 6.45) is 4.90. The summed E-state index contributed by atoms with van der Waals surface area (Å²) in [5.41, 5.74) is 4.59. The molecule has 5 rings (SSSR count). The molecule has 0 aromatic carbocycles. The lowest BCUT2D eigenvalue weighted by Crippen LogP contribution is -2.27. The van der Waals surface area contributed by atoms with E-state index in [1.165, 1.54) is 12.3 Å². The second-order valence-electron chi connectivity index (χ2n) is 8.86. The van der Waals surface area contributed by atoms with Crippen LogP contribution in [0.15, 0.2) is 24.5 Å². The van der Waals surface area contributed by atoms with Gasteiger partial charge in [0.05, 0.1) is 28.7 Å². The van der Waals surface area contributed by atoms with E-state index in [1.807, 2.05) is 38.6 Å². The zero-order valence-corrected chi connectivity index (χ0v) is 19.4. The first-order chi connectivity index (χ1) is 17.4. The summed E-state index contributed by atoms with van der Waals surface area (Å²) in [4.78, 5) is 36.2. The Bertz CT molecular complexity index is 1410. The van der Waals surface area contributed by atoms with Crippen LogP contribution in [0.5, 0.6) is 0 Å². The predicted molar refractivity (Wildman–Crippen MR) is 130 cm³/mol. The first-order valence-corrected chi connectivity index (χ1v) is 11.1. The number of amides is 2. The number of hydrogen-bond acceptors (Lipinski definition) is 7. The number of nitrogens with zero attached hydrogens (tertiary/aromatic N) is 5. The van der Waals surface area contributed by atoms with E-state index in [0.717, 1.165) is 41.0 Å². The van der Waals surface area contributed by atoms with Crippen molar-refractivity contribution in [2.75, 3.05) is 29.6 Å². The van der Waals surface area contributed by atoms with E-state index in [-0.39, 0.29) is 34.9 Å². The molecule has 2 aliphatic rings. The van der Waals surface area contributed by atoms with E-state index in [9.17, 15) is 9.59 Å². The number of carbonyl (C=O) groups excluding carboxylic acids is 2. The molecule has 10 nitrogen and oxygen atoms in total. The Hall–Kier alpha value is -3.95. The van der Waals surface area contributed by atoms with Crippen LogP contribution >= 0.6 is 0 Å². The van der Waals surface area contributed by atoms with Gasteiger partial charge in [-0.15, -0.1) is 0 Å². The SMILES string of the molecule is [2H]C([2H])([2H])NC(=O)c1cnc(NC(=O)C2CC2)cc1Nc1nc(C)cc2c1N(C)[C@@H](C)c1cn(C)nc1-2. The molecule has 176 valence electrons. The standard InChI is InChI=1S/C24H28N8O2/c1-12-8-15-20-17(11-31(4)30-20)13(2)32(5)21(15)22(27-12)28-18-9-19(29-23(33)14-6-7-14)26-10-16(18)24(34)25-3/h8-11,13-14H,6-7H2,1-5H3,(H,25,34)(H2,26,27,28,29,33)/t13-/m0/s1/i3D3. The molecule has 1 fully saturated rings. The fourth-order valence-corrected chi connectivity index (χ4v) is 4.29. The second kappa shape index (κ2) is 8.12. The lowest BCUT2D eigenvalue weighted by Gasteiger charge is -2.34. The molecule has 0 spiro atoms. The van der Waals surface area contributed by atoms with E-state index in [4.69, 9.17) is 9.10 Å². The third-order valence-electron chi connectivity index (χ3n) is 6.33. The molecule has 0 unspecified atom stereocenters. The number of pyridine rings is 2. The number of aryl methyl sites for hydroxylation is 2. The summed E-state index contributed by atoms with van der Waals surface area (Å²) in [6, 6.07) is 3.49. The van der Waals surface area contributed by atoms with Gasteiger partial charge in [-0.2, -0.15) is 5.10 Å². The Morgan fingerprint density at radius 3 is 2.76 bits per heavy atom. The lowest BCUT2D eigenvalue weighted by molar-refractivity contribution is -0.117. The number of carbonyl (C=O) groups is 2. The molecule has 3 N–H and O–H groups in total. The van der Waals surface area contributed by atoms with Crippen LogP contribution < -0.4 is 20.9 Å². The maximum Gasteiger partial charge on any atom is 0.254 e. The van der Waals surface area contributed by atoms with E-state index < -0.39 is 12.9 Å². The van der Waals surface area contributed by atoms with Gasteiger partial charge in [0, 0.05) is 66.4 Å². The van der Waals surface area contributed by atoms with Gasteiger partial charge in [-0.1, -0.05) is 0 Å². The number of fused-ring (bicyclic) bond motifs is 3. The first-order valence-electron chi connectivity index (χ1n) is 12.6. The third kappa shape index (κ3) is 3.74. The molecule has 1 atom stereocenters. The molecule has 4 heterocycles. The second-order valence-corrected chi connectivity index (χ2v) is 8.86. The van der Waals surface area contributed by atoms with Crippen LogP contribution in [0.4, 0.5) is 23.0 Å². The molecule has 2 amide bonds. The highest BCUT2D eigenvalue weighted by molar-refractivity contribution is 6.02. The van der Waals surface area contributed by atoms with Gasteiger partial charge >= 0.3 is 0 Å². The molecule has 0 saturated heterocycles. The predicted octanol–water partition coefficient (Wildman–Crippen LogP) is 3.15. The Kier molecular flexibility index (Phi) is 4.41. The fourth-order valence-electron chi connectivity index (χ4n) is 4.29. The van der Waals surface area contributed by atoms with Crippen LogP contribution in [-0.2, 0) is 11.8 Å². The van der Waals surface area contributed by atoms with Crippen molar-refractivity contribution in [3.05, 3.63) is 41.3 Å². The van der Waals surface area contributed by atoms with Gasteiger partial charge in [-0.3, -0.25) is 14.3 Å². The minimum atomic E-state index is -2.68. The topological polar surface area (TPSA) is 117 Å². The molecule has 3 aromatic rings. The third-order valence-corrected chi connectivity index (χ3v) is 6.33. The zero-order valence-electron chi connectivity index (χ0n) is 22.4. The van der Waals surface area contributed by atoms with Crippen molar-refractivity contribution in [2.24, 2.45) is 13.0 Å². The summed E-state index contributed by atoms with van der Waals surface area (Å²) in [5.74, 6) is -0.287. The van der Waals surface area contributed by atoms with E-state index in [1.54, 1.807) is 4.68 Å². The summed E-state index contributed by atoms with van der Waals surface area (Å²) < 4.78 is 24.1. The minimum absolute atomic E-state index is 0.00244. The lowest BCUT2D eigenvalue weighted by atomic mass is 9.95. The van der Waals surface area contributed by atoms with Crippen molar-refractivity contribution in [1.82, 2.24) is 25.1 Å². The van der Waals surface area contributed by atoms with Crippen molar-refractivity contribution in [3.8, 4) is 11.3 Å². The number of hydrogen-bond donors (Lipinski definition) is 3. The number of nitrogens with one attached hydrogen (secondary N) is 3. The zero-order chi connectivity index (χ0) is 26.6. The van der Waals surface area contributed by atoms with Gasteiger partial charge in [0.25, 0.3) is 5.91 Å². The number of anilines is 4. The van der Waals surface area contributed by atoms with E-state index in [0.29, 0.717) is 5.82 Å². The maximum atomic E-state index is 12.9. The first kappa shape index (κ1) is 18.5. The normalized spacial score (nSPS) is 18.2. The molecule has 0 radical (unpaired) electrons. The van der Waals surface area contributed by atoms with Crippen LogP contribution in [0, 0.1) is 12.8 Å². The molecule has 1 saturated carbocycles. The van der Waals surface area contributed by atoms with Crippen LogP contribution in [0.2, 0.25) is 0 Å². The Morgan fingerprint density at radius 2 is 2.03 bits per heavy atom. The molecule has 3 aromatic heterocycles. The largest absolute Gasteiger partial charge is 0.364 e. The van der Waals surface area contributed by atoms with Crippen molar-refractivity contribution in [2.45, 2.75) is 32.7 Å².